The first-order chi connectivity index (χ1) is 5.79. The number of rotatable bonds is 0. The average Bonchev–Trinajstić information content (AvgIpc) is 2.12. The fourth-order valence-electron chi connectivity index (χ4n) is 1.93. The molecular weight excluding hydrogens is 148 g/mol. The van der Waals surface area contributed by atoms with Gasteiger partial charge in [0.2, 0.25) is 0 Å². The second-order valence-electron chi connectivity index (χ2n) is 3.50. The van der Waals surface area contributed by atoms with E-state index >= 15 is 0 Å². The van der Waals surface area contributed by atoms with E-state index in [1.807, 2.05) is 6.07 Å². The van der Waals surface area contributed by atoms with Gasteiger partial charge in [0.05, 0.1) is 7.05 Å². The fourth-order valence-corrected chi connectivity index (χ4v) is 1.93. The minimum absolute atomic E-state index is 0.871. The van der Waals surface area contributed by atoms with Gasteiger partial charge in [0, 0.05) is 12.5 Å². The van der Waals surface area contributed by atoms with Crippen LogP contribution in [-0.4, -0.2) is 0 Å². The van der Waals surface area contributed by atoms with E-state index in [-0.39, 0.29) is 0 Å². The van der Waals surface area contributed by atoms with Crippen molar-refractivity contribution in [2.45, 2.75) is 25.7 Å². The van der Waals surface area contributed by atoms with Crippen molar-refractivity contribution >= 4 is 5.82 Å². The van der Waals surface area contributed by atoms with E-state index < -0.39 is 0 Å². The molecule has 1 aromatic rings. The van der Waals surface area contributed by atoms with Crippen LogP contribution in [0.2, 0.25) is 0 Å². The van der Waals surface area contributed by atoms with Crippen molar-refractivity contribution < 1.29 is 4.57 Å². The minimum atomic E-state index is 0.871. The molecule has 0 fully saturated rings. The number of aromatic nitrogens is 1. The van der Waals surface area contributed by atoms with Gasteiger partial charge in [0.1, 0.15) is 5.69 Å². The Kier molecular flexibility index (Phi) is 1.75. The molecule has 0 aliphatic heterocycles. The second-order valence-corrected chi connectivity index (χ2v) is 3.50. The monoisotopic (exact) mass is 163 g/mol. The Morgan fingerprint density at radius 2 is 2.00 bits per heavy atom. The van der Waals surface area contributed by atoms with E-state index in [2.05, 4.69) is 17.7 Å². The number of anilines is 1. The van der Waals surface area contributed by atoms with Gasteiger partial charge in [-0.3, -0.25) is 5.73 Å². The highest BCUT2D eigenvalue weighted by Crippen LogP contribution is 2.18. The van der Waals surface area contributed by atoms with Crippen LogP contribution in [0.25, 0.3) is 0 Å². The molecule has 0 bridgehead atoms. The molecule has 2 N–H and O–H groups in total. The van der Waals surface area contributed by atoms with Crippen LogP contribution in [0.1, 0.15) is 24.1 Å². The number of nitrogens with zero attached hydrogens (tertiary/aromatic N) is 1. The first-order valence-electron chi connectivity index (χ1n) is 4.55. The molecule has 0 unspecified atom stereocenters. The quantitative estimate of drug-likeness (QED) is 0.567. The minimum Gasteiger partial charge on any atom is -0.287 e. The lowest BCUT2D eigenvalue weighted by Crippen LogP contribution is -2.39. The second kappa shape index (κ2) is 2.77. The lowest BCUT2D eigenvalue weighted by molar-refractivity contribution is -0.665. The SMILES string of the molecule is C[n+]1c(N)ccc2c1CCCC2. The van der Waals surface area contributed by atoms with Crippen LogP contribution in [0.4, 0.5) is 5.82 Å². The van der Waals surface area contributed by atoms with E-state index in [0.717, 1.165) is 5.82 Å². The Labute approximate surface area is 73.0 Å². The van der Waals surface area contributed by atoms with Gasteiger partial charge in [-0.2, -0.15) is 0 Å². The molecule has 0 atom stereocenters. The van der Waals surface area contributed by atoms with Crippen molar-refractivity contribution in [2.24, 2.45) is 7.05 Å². The summed E-state index contributed by atoms with van der Waals surface area (Å²) < 4.78 is 2.12. The van der Waals surface area contributed by atoms with Crippen LogP contribution in [0.3, 0.4) is 0 Å². The number of nitrogen functional groups attached to an aromatic ring is 1. The molecule has 1 aliphatic rings. The zero-order valence-electron chi connectivity index (χ0n) is 7.51. The van der Waals surface area contributed by atoms with E-state index in [1.165, 1.54) is 36.9 Å². The number of fused-ring (bicyclic) bond motifs is 1. The van der Waals surface area contributed by atoms with Gasteiger partial charge in [0.15, 0.2) is 0 Å². The topological polar surface area (TPSA) is 29.9 Å². The van der Waals surface area contributed by atoms with Crippen LogP contribution in [-0.2, 0) is 19.9 Å². The molecule has 1 aromatic heterocycles. The van der Waals surface area contributed by atoms with Gasteiger partial charge in [-0.25, -0.2) is 4.57 Å². The summed E-state index contributed by atoms with van der Waals surface area (Å²) in [5.74, 6) is 0.871. The van der Waals surface area contributed by atoms with Gasteiger partial charge in [-0.15, -0.1) is 0 Å². The molecule has 0 aromatic carbocycles. The summed E-state index contributed by atoms with van der Waals surface area (Å²) in [6, 6.07) is 4.17. The molecule has 2 nitrogen and oxygen atoms in total. The molecule has 1 aliphatic carbocycles. The first-order valence-corrected chi connectivity index (χ1v) is 4.55. The van der Waals surface area contributed by atoms with Crippen molar-refractivity contribution in [3.8, 4) is 0 Å². The van der Waals surface area contributed by atoms with Crippen LogP contribution < -0.4 is 10.3 Å². The molecule has 12 heavy (non-hydrogen) atoms. The summed E-state index contributed by atoms with van der Waals surface area (Å²) in [5, 5.41) is 0. The number of aryl methyl sites for hydroxylation is 1. The Morgan fingerprint density at radius 1 is 1.25 bits per heavy atom. The summed E-state index contributed by atoms with van der Waals surface area (Å²) in [7, 11) is 2.06. The summed E-state index contributed by atoms with van der Waals surface area (Å²) in [6.45, 7) is 0. The molecule has 0 saturated heterocycles. The van der Waals surface area contributed by atoms with E-state index in [4.69, 9.17) is 5.73 Å². The van der Waals surface area contributed by atoms with Crippen molar-refractivity contribution in [1.29, 1.82) is 0 Å². The first kappa shape index (κ1) is 7.59. The third kappa shape index (κ3) is 1.07. The summed E-state index contributed by atoms with van der Waals surface area (Å²) in [4.78, 5) is 0. The molecule has 0 saturated carbocycles. The maximum Gasteiger partial charge on any atom is 0.272 e. The lowest BCUT2D eigenvalue weighted by Gasteiger charge is -2.15. The van der Waals surface area contributed by atoms with Gasteiger partial charge in [-0.05, 0) is 30.9 Å². The normalized spacial score (nSPS) is 15.8. The average molecular weight is 163 g/mol. The van der Waals surface area contributed by atoms with Gasteiger partial charge in [0.25, 0.3) is 5.82 Å². The van der Waals surface area contributed by atoms with Crippen LogP contribution in [0.5, 0.6) is 0 Å². The molecule has 64 valence electrons. The number of hydrogen-bond acceptors (Lipinski definition) is 1. The molecule has 2 rings (SSSR count). The van der Waals surface area contributed by atoms with Crippen LogP contribution in [0.15, 0.2) is 12.1 Å². The summed E-state index contributed by atoms with van der Waals surface area (Å²) >= 11 is 0. The number of hydrogen-bond donors (Lipinski definition) is 1. The Hall–Kier alpha value is -1.05. The van der Waals surface area contributed by atoms with E-state index in [0.29, 0.717) is 0 Å². The lowest BCUT2D eigenvalue weighted by atomic mass is 9.96. The van der Waals surface area contributed by atoms with E-state index in [9.17, 15) is 0 Å². The van der Waals surface area contributed by atoms with Gasteiger partial charge >= 0.3 is 0 Å². The highest BCUT2D eigenvalue weighted by Gasteiger charge is 2.15. The van der Waals surface area contributed by atoms with Gasteiger partial charge < -0.3 is 0 Å². The van der Waals surface area contributed by atoms with E-state index in [1.54, 1.807) is 0 Å². The number of nitrogens with two attached hydrogens (primary N) is 1. The highest BCUT2D eigenvalue weighted by atomic mass is 15.0. The van der Waals surface area contributed by atoms with Crippen molar-refractivity contribution in [3.05, 3.63) is 23.4 Å². The predicted octanol–water partition coefficient (Wildman–Crippen LogP) is 0.972. The third-order valence-electron chi connectivity index (χ3n) is 2.73. The Bertz CT molecular complexity index is 305. The maximum absolute atomic E-state index is 5.81. The zero-order valence-corrected chi connectivity index (χ0v) is 7.51. The summed E-state index contributed by atoms with van der Waals surface area (Å²) in [5.41, 5.74) is 8.72. The standard InChI is InChI=1S/C10H14N2/c1-12-9-5-3-2-4-8(9)6-7-10(12)11/h6-7,11H,2-5H2,1H3/p+1. The van der Waals surface area contributed by atoms with Crippen molar-refractivity contribution in [2.75, 3.05) is 5.73 Å². The third-order valence-corrected chi connectivity index (χ3v) is 2.73. The van der Waals surface area contributed by atoms with Gasteiger partial charge in [-0.1, -0.05) is 0 Å². The van der Waals surface area contributed by atoms with Crippen molar-refractivity contribution in [1.82, 2.24) is 0 Å². The number of pyridine rings is 1. The van der Waals surface area contributed by atoms with Crippen LogP contribution >= 0.6 is 0 Å². The zero-order chi connectivity index (χ0) is 8.55. The highest BCUT2D eigenvalue weighted by molar-refractivity contribution is 5.28. The Morgan fingerprint density at radius 3 is 2.83 bits per heavy atom. The largest absolute Gasteiger partial charge is 0.287 e. The van der Waals surface area contributed by atoms with Crippen LogP contribution in [0, 0.1) is 0 Å². The molecule has 0 spiro atoms. The molecular formula is C10H15N2+. The Balaban J connectivity index is 2.54. The smallest absolute Gasteiger partial charge is 0.272 e. The maximum atomic E-state index is 5.81. The summed E-state index contributed by atoms with van der Waals surface area (Å²) in [6.07, 6.45) is 5.06. The predicted molar refractivity (Wildman–Crippen MR) is 48.7 cm³/mol. The van der Waals surface area contributed by atoms with Crippen molar-refractivity contribution in [3.63, 3.8) is 0 Å². The molecule has 0 radical (unpaired) electrons. The molecule has 0 amide bonds. The molecule has 1 heterocycles. The molecule has 2 heteroatoms. The fraction of sp³-hybridized carbons (Fsp3) is 0.500.